The predicted molar refractivity (Wildman–Crippen MR) is 64.6 cm³/mol. The Morgan fingerprint density at radius 1 is 1.65 bits per heavy atom. The van der Waals surface area contributed by atoms with Gasteiger partial charge in [0.05, 0.1) is 17.4 Å². The predicted octanol–water partition coefficient (Wildman–Crippen LogP) is -0.419. The fraction of sp³-hybridized carbons (Fsp3) is 0.455. The van der Waals surface area contributed by atoms with E-state index in [0.717, 1.165) is 13.0 Å². The molecule has 2 rings (SSSR count). The molecule has 0 aliphatic carbocycles. The van der Waals surface area contributed by atoms with Crippen LogP contribution in [0.4, 0.5) is 11.5 Å². The van der Waals surface area contributed by atoms with E-state index < -0.39 is 5.91 Å². The summed E-state index contributed by atoms with van der Waals surface area (Å²) >= 11 is 0. The molecule has 17 heavy (non-hydrogen) atoms. The first-order chi connectivity index (χ1) is 8.11. The number of carbonyl (C=O) groups is 1. The van der Waals surface area contributed by atoms with Crippen molar-refractivity contribution in [3.63, 3.8) is 0 Å². The van der Waals surface area contributed by atoms with Crippen LogP contribution in [0.2, 0.25) is 0 Å². The second-order valence-corrected chi connectivity index (χ2v) is 4.29. The van der Waals surface area contributed by atoms with Gasteiger partial charge in [0.1, 0.15) is 5.82 Å². The Morgan fingerprint density at radius 3 is 3.00 bits per heavy atom. The van der Waals surface area contributed by atoms with Gasteiger partial charge >= 0.3 is 0 Å². The van der Waals surface area contributed by atoms with Gasteiger partial charge in [0.25, 0.3) is 5.91 Å². The molecule has 1 unspecified atom stereocenters. The van der Waals surface area contributed by atoms with Gasteiger partial charge < -0.3 is 21.5 Å². The molecular weight excluding hydrogens is 220 g/mol. The molecule has 0 radical (unpaired) electrons. The third-order valence-corrected chi connectivity index (χ3v) is 3.00. The summed E-state index contributed by atoms with van der Waals surface area (Å²) in [7, 11) is 0. The minimum atomic E-state index is -0.535. The molecule has 6 heteroatoms. The number of nitrogens with two attached hydrogens (primary N) is 2. The highest BCUT2D eigenvalue weighted by molar-refractivity contribution is 5.98. The summed E-state index contributed by atoms with van der Waals surface area (Å²) in [4.78, 5) is 17.5. The van der Waals surface area contributed by atoms with Crippen molar-refractivity contribution in [1.29, 1.82) is 0 Å². The number of amides is 1. The van der Waals surface area contributed by atoms with Crippen molar-refractivity contribution >= 4 is 17.4 Å². The van der Waals surface area contributed by atoms with Crippen LogP contribution in [0, 0.1) is 5.92 Å². The van der Waals surface area contributed by atoms with Crippen LogP contribution in [-0.4, -0.2) is 35.7 Å². The molecule has 1 aliphatic rings. The molecule has 92 valence electrons. The molecule has 5 N–H and O–H groups in total. The quantitative estimate of drug-likeness (QED) is 0.661. The first-order valence-corrected chi connectivity index (χ1v) is 5.53. The van der Waals surface area contributed by atoms with E-state index in [4.69, 9.17) is 16.6 Å². The second kappa shape index (κ2) is 4.58. The maximum atomic E-state index is 11.3. The summed E-state index contributed by atoms with van der Waals surface area (Å²) in [6.45, 7) is 1.60. The lowest BCUT2D eigenvalue weighted by Gasteiger charge is -2.19. The van der Waals surface area contributed by atoms with Crippen LogP contribution in [0.5, 0.6) is 0 Å². The van der Waals surface area contributed by atoms with Crippen LogP contribution in [0.15, 0.2) is 12.3 Å². The number of rotatable bonds is 3. The second-order valence-electron chi connectivity index (χ2n) is 4.29. The Balaban J connectivity index is 2.29. The molecule has 0 spiro atoms. The summed E-state index contributed by atoms with van der Waals surface area (Å²) < 4.78 is 0. The van der Waals surface area contributed by atoms with E-state index in [1.807, 2.05) is 4.90 Å². The lowest BCUT2D eigenvalue weighted by atomic mass is 10.1. The standard InChI is InChI=1S/C11H16N4O2/c12-8-3-9(10(13)17)11(14-4-8)15-2-1-7(5-15)6-16/h3-4,7,16H,1-2,5-6,12H2,(H2,13,17). The lowest BCUT2D eigenvalue weighted by Crippen LogP contribution is -2.26. The third kappa shape index (κ3) is 2.31. The van der Waals surface area contributed by atoms with Crippen LogP contribution in [0.1, 0.15) is 16.8 Å². The highest BCUT2D eigenvalue weighted by Crippen LogP contribution is 2.25. The fourth-order valence-corrected chi connectivity index (χ4v) is 2.08. The van der Waals surface area contributed by atoms with Crippen molar-refractivity contribution in [2.24, 2.45) is 11.7 Å². The fourth-order valence-electron chi connectivity index (χ4n) is 2.08. The number of hydrogen-bond acceptors (Lipinski definition) is 5. The molecule has 1 amide bonds. The average Bonchev–Trinajstić information content (AvgIpc) is 2.77. The van der Waals surface area contributed by atoms with E-state index >= 15 is 0 Å². The zero-order chi connectivity index (χ0) is 12.4. The molecule has 1 aromatic heterocycles. The van der Waals surface area contributed by atoms with Crippen molar-refractivity contribution in [1.82, 2.24) is 4.98 Å². The minimum absolute atomic E-state index is 0.150. The van der Waals surface area contributed by atoms with Crippen molar-refractivity contribution in [3.05, 3.63) is 17.8 Å². The Labute approximate surface area is 99.2 Å². The minimum Gasteiger partial charge on any atom is -0.397 e. The number of aromatic nitrogens is 1. The van der Waals surface area contributed by atoms with Gasteiger partial charge in [-0.2, -0.15) is 0 Å². The Kier molecular flexibility index (Phi) is 3.14. The van der Waals surface area contributed by atoms with E-state index in [-0.39, 0.29) is 12.5 Å². The molecular formula is C11H16N4O2. The van der Waals surface area contributed by atoms with Gasteiger partial charge in [-0.3, -0.25) is 4.79 Å². The maximum absolute atomic E-state index is 11.3. The molecule has 1 saturated heterocycles. The van der Waals surface area contributed by atoms with E-state index in [9.17, 15) is 4.79 Å². The topological polar surface area (TPSA) is 105 Å². The average molecular weight is 236 g/mol. The molecule has 1 fully saturated rings. The van der Waals surface area contributed by atoms with E-state index in [1.54, 1.807) is 0 Å². The third-order valence-electron chi connectivity index (χ3n) is 3.00. The molecule has 1 aromatic rings. The molecule has 0 bridgehead atoms. The summed E-state index contributed by atoms with van der Waals surface area (Å²) in [5.74, 6) is 0.255. The van der Waals surface area contributed by atoms with Crippen molar-refractivity contribution in [2.45, 2.75) is 6.42 Å². The van der Waals surface area contributed by atoms with Crippen LogP contribution in [0.25, 0.3) is 0 Å². The highest BCUT2D eigenvalue weighted by atomic mass is 16.3. The van der Waals surface area contributed by atoms with Gasteiger partial charge in [-0.1, -0.05) is 0 Å². The Hall–Kier alpha value is -1.82. The molecule has 1 atom stereocenters. The molecule has 6 nitrogen and oxygen atoms in total. The van der Waals surface area contributed by atoms with Gasteiger partial charge in [-0.15, -0.1) is 0 Å². The number of aliphatic hydroxyl groups is 1. The molecule has 0 saturated carbocycles. The monoisotopic (exact) mass is 236 g/mol. The van der Waals surface area contributed by atoms with Gasteiger partial charge in [-0.25, -0.2) is 4.98 Å². The zero-order valence-corrected chi connectivity index (χ0v) is 9.47. The maximum Gasteiger partial charge on any atom is 0.252 e. The van der Waals surface area contributed by atoms with E-state index in [1.165, 1.54) is 12.3 Å². The number of primary amides is 1. The normalized spacial score (nSPS) is 19.6. The van der Waals surface area contributed by atoms with Gasteiger partial charge in [-0.05, 0) is 12.5 Å². The van der Waals surface area contributed by atoms with Crippen molar-refractivity contribution in [3.8, 4) is 0 Å². The number of anilines is 2. The Morgan fingerprint density at radius 2 is 2.41 bits per heavy atom. The van der Waals surface area contributed by atoms with Gasteiger partial charge in [0.2, 0.25) is 0 Å². The van der Waals surface area contributed by atoms with E-state index in [0.29, 0.717) is 23.6 Å². The summed E-state index contributed by atoms with van der Waals surface area (Å²) in [5, 5.41) is 9.09. The molecule has 1 aliphatic heterocycles. The van der Waals surface area contributed by atoms with Crippen LogP contribution in [-0.2, 0) is 0 Å². The summed E-state index contributed by atoms with van der Waals surface area (Å²) in [5.41, 5.74) is 11.7. The smallest absolute Gasteiger partial charge is 0.252 e. The zero-order valence-electron chi connectivity index (χ0n) is 9.47. The number of hydrogen-bond donors (Lipinski definition) is 3. The summed E-state index contributed by atoms with van der Waals surface area (Å²) in [6, 6.07) is 1.54. The highest BCUT2D eigenvalue weighted by Gasteiger charge is 2.25. The first-order valence-electron chi connectivity index (χ1n) is 5.53. The summed E-state index contributed by atoms with van der Waals surface area (Å²) in [6.07, 6.45) is 2.40. The van der Waals surface area contributed by atoms with Gasteiger partial charge in [0, 0.05) is 25.6 Å². The SMILES string of the molecule is NC(=O)c1cc(N)cnc1N1CCC(CO)C1. The first kappa shape index (κ1) is 11.7. The molecule has 2 heterocycles. The van der Waals surface area contributed by atoms with E-state index in [2.05, 4.69) is 4.98 Å². The number of aliphatic hydroxyl groups excluding tert-OH is 1. The number of nitrogens with zero attached hydrogens (tertiary/aromatic N) is 2. The largest absolute Gasteiger partial charge is 0.397 e. The lowest BCUT2D eigenvalue weighted by molar-refractivity contribution is 0.100. The number of pyridine rings is 1. The Bertz CT molecular complexity index is 435. The van der Waals surface area contributed by atoms with Crippen molar-refractivity contribution in [2.75, 3.05) is 30.3 Å². The van der Waals surface area contributed by atoms with Crippen LogP contribution in [0.3, 0.4) is 0 Å². The number of nitrogen functional groups attached to an aromatic ring is 1. The molecule has 0 aromatic carbocycles. The van der Waals surface area contributed by atoms with Crippen molar-refractivity contribution < 1.29 is 9.90 Å². The van der Waals surface area contributed by atoms with Crippen LogP contribution >= 0.6 is 0 Å². The van der Waals surface area contributed by atoms with Crippen LogP contribution < -0.4 is 16.4 Å². The number of carbonyl (C=O) groups excluding carboxylic acids is 1. The van der Waals surface area contributed by atoms with Gasteiger partial charge in [0.15, 0.2) is 0 Å².